The van der Waals surface area contributed by atoms with Crippen molar-refractivity contribution in [2.75, 3.05) is 38.7 Å². The highest BCUT2D eigenvalue weighted by Crippen LogP contribution is 2.28. The molecule has 5 heterocycles. The van der Waals surface area contributed by atoms with Crippen molar-refractivity contribution in [2.24, 2.45) is 0 Å². The molecule has 11 nitrogen and oxygen atoms in total. The van der Waals surface area contributed by atoms with Gasteiger partial charge in [0.05, 0.1) is 22.7 Å². The van der Waals surface area contributed by atoms with Gasteiger partial charge < -0.3 is 19.9 Å². The molecule has 35 heavy (non-hydrogen) atoms. The summed E-state index contributed by atoms with van der Waals surface area (Å²) in [6, 6.07) is 7.77. The maximum Gasteiger partial charge on any atom is 0.328 e. The minimum Gasteiger partial charge on any atom is -0.381 e. The summed E-state index contributed by atoms with van der Waals surface area (Å²) in [5.74, 6) is 1.02. The number of ether oxygens (including phenoxy) is 1. The van der Waals surface area contributed by atoms with E-state index in [1.54, 1.807) is 27.6 Å². The van der Waals surface area contributed by atoms with E-state index in [1.165, 1.54) is 0 Å². The van der Waals surface area contributed by atoms with Gasteiger partial charge in [-0.2, -0.15) is 15.2 Å². The smallest absolute Gasteiger partial charge is 0.328 e. The van der Waals surface area contributed by atoms with Crippen LogP contribution in [0.4, 0.5) is 5.82 Å². The van der Waals surface area contributed by atoms with Crippen LogP contribution < -0.4 is 11.0 Å². The zero-order valence-electron chi connectivity index (χ0n) is 19.6. The Morgan fingerprint density at radius 2 is 1.97 bits per heavy atom. The molecule has 3 aromatic heterocycles. The summed E-state index contributed by atoms with van der Waals surface area (Å²) in [6.07, 6.45) is 5.15. The Hall–Kier alpha value is -3.75. The van der Waals surface area contributed by atoms with Crippen LogP contribution in [0, 0.1) is 11.3 Å². The molecule has 2 saturated heterocycles. The van der Waals surface area contributed by atoms with Crippen molar-refractivity contribution in [3.63, 3.8) is 0 Å². The van der Waals surface area contributed by atoms with Crippen molar-refractivity contribution in [1.29, 1.82) is 5.26 Å². The van der Waals surface area contributed by atoms with Crippen LogP contribution in [0.5, 0.6) is 0 Å². The fourth-order valence-electron chi connectivity index (χ4n) is 5.07. The van der Waals surface area contributed by atoms with Gasteiger partial charge in [0.15, 0.2) is 11.5 Å². The third-order valence-corrected chi connectivity index (χ3v) is 7.06. The number of H-pyrrole nitrogens is 1. The lowest BCUT2D eigenvalue weighted by molar-refractivity contribution is 0.0697. The monoisotopic (exact) mass is 473 g/mol. The van der Waals surface area contributed by atoms with Gasteiger partial charge in [0, 0.05) is 25.3 Å². The fraction of sp³-hybridized carbons (Fsp3) is 0.458. The number of aromatic nitrogens is 6. The second-order valence-corrected chi connectivity index (χ2v) is 9.37. The van der Waals surface area contributed by atoms with E-state index in [9.17, 15) is 10.1 Å². The van der Waals surface area contributed by atoms with Crippen LogP contribution in [-0.4, -0.2) is 73.4 Å². The second-order valence-electron chi connectivity index (χ2n) is 9.37. The standard InChI is InChI=1S/C24H27N9O2/c1-31-8-4-16(5-9-31)27-21-20-22(33(24(34)28-20)17-6-10-35-11-7-17)30-23(29-21)32-14-26-18-3-2-15(13-25)12-19(18)32/h2-3,12,14,16-17H,4-11H2,1H3,(H,28,34)(H,27,29,30). The van der Waals surface area contributed by atoms with Crippen molar-refractivity contribution in [2.45, 2.75) is 37.8 Å². The number of hydrogen-bond acceptors (Lipinski definition) is 8. The van der Waals surface area contributed by atoms with E-state index in [0.717, 1.165) is 49.8 Å². The number of imidazole rings is 2. The van der Waals surface area contributed by atoms with Crippen LogP contribution in [0.3, 0.4) is 0 Å². The van der Waals surface area contributed by atoms with Gasteiger partial charge in [0.1, 0.15) is 11.8 Å². The first kappa shape index (κ1) is 21.8. The average Bonchev–Trinajstić information content (AvgIpc) is 3.46. The zero-order valence-corrected chi connectivity index (χ0v) is 19.6. The van der Waals surface area contributed by atoms with Crippen LogP contribution in [-0.2, 0) is 4.74 Å². The summed E-state index contributed by atoms with van der Waals surface area (Å²) in [4.78, 5) is 32.7. The highest BCUT2D eigenvalue weighted by atomic mass is 16.5. The molecule has 2 fully saturated rings. The molecule has 0 unspecified atom stereocenters. The first-order valence-electron chi connectivity index (χ1n) is 12.0. The normalized spacial score (nSPS) is 18.3. The largest absolute Gasteiger partial charge is 0.381 e. The predicted octanol–water partition coefficient (Wildman–Crippen LogP) is 2.19. The van der Waals surface area contributed by atoms with E-state index in [4.69, 9.17) is 14.7 Å². The minimum atomic E-state index is -0.188. The molecule has 2 aliphatic rings. The number of hydrogen-bond donors (Lipinski definition) is 2. The molecule has 6 rings (SSSR count). The number of nitriles is 1. The van der Waals surface area contributed by atoms with E-state index in [-0.39, 0.29) is 17.8 Å². The van der Waals surface area contributed by atoms with E-state index in [0.29, 0.717) is 41.7 Å². The molecule has 4 aromatic rings. The summed E-state index contributed by atoms with van der Waals surface area (Å²) < 4.78 is 9.05. The first-order chi connectivity index (χ1) is 17.1. The van der Waals surface area contributed by atoms with Crippen LogP contribution in [0.25, 0.3) is 28.1 Å². The summed E-state index contributed by atoms with van der Waals surface area (Å²) in [6.45, 7) is 3.24. The molecular formula is C24H27N9O2. The summed E-state index contributed by atoms with van der Waals surface area (Å²) in [5, 5.41) is 13.0. The summed E-state index contributed by atoms with van der Waals surface area (Å²) in [7, 11) is 2.13. The van der Waals surface area contributed by atoms with Crippen LogP contribution in [0.1, 0.15) is 37.3 Å². The Morgan fingerprint density at radius 1 is 1.17 bits per heavy atom. The van der Waals surface area contributed by atoms with E-state index in [2.05, 4.69) is 33.3 Å². The van der Waals surface area contributed by atoms with Gasteiger partial charge in [-0.05, 0) is 64.0 Å². The van der Waals surface area contributed by atoms with Crippen LogP contribution >= 0.6 is 0 Å². The summed E-state index contributed by atoms with van der Waals surface area (Å²) >= 11 is 0. The SMILES string of the molecule is CN1CCC(Nc2nc(-n3cnc4ccc(C#N)cc43)nc3c2[nH]c(=O)n3C2CCOCC2)CC1. The molecule has 11 heteroatoms. The number of aromatic amines is 1. The quantitative estimate of drug-likeness (QED) is 0.461. The highest BCUT2D eigenvalue weighted by Gasteiger charge is 2.26. The number of rotatable bonds is 4. The van der Waals surface area contributed by atoms with Gasteiger partial charge in [-0.3, -0.25) is 9.13 Å². The molecule has 180 valence electrons. The number of nitrogens with zero attached hydrogens (tertiary/aromatic N) is 7. The molecule has 0 saturated carbocycles. The fourth-order valence-corrected chi connectivity index (χ4v) is 5.07. The molecule has 0 bridgehead atoms. The number of piperidine rings is 1. The minimum absolute atomic E-state index is 0.00801. The Morgan fingerprint density at radius 3 is 2.74 bits per heavy atom. The topological polar surface area (TPSA) is 130 Å². The van der Waals surface area contributed by atoms with Crippen molar-refractivity contribution < 1.29 is 4.74 Å². The molecule has 0 aliphatic carbocycles. The number of anilines is 1. The predicted molar refractivity (Wildman–Crippen MR) is 131 cm³/mol. The Labute approximate surface area is 201 Å². The lowest BCUT2D eigenvalue weighted by Crippen LogP contribution is -2.37. The van der Waals surface area contributed by atoms with Crippen molar-refractivity contribution in [3.8, 4) is 12.0 Å². The van der Waals surface area contributed by atoms with E-state index in [1.807, 2.05) is 6.07 Å². The molecule has 2 N–H and O–H groups in total. The highest BCUT2D eigenvalue weighted by molar-refractivity contribution is 5.85. The Kier molecular flexibility index (Phi) is 5.47. The van der Waals surface area contributed by atoms with E-state index < -0.39 is 0 Å². The molecule has 1 aromatic carbocycles. The van der Waals surface area contributed by atoms with Gasteiger partial charge in [-0.15, -0.1) is 0 Å². The van der Waals surface area contributed by atoms with Gasteiger partial charge in [-0.1, -0.05) is 0 Å². The maximum absolute atomic E-state index is 13.1. The Bertz CT molecular complexity index is 1480. The third kappa shape index (κ3) is 3.94. The molecule has 0 atom stereocenters. The number of likely N-dealkylation sites (tertiary alicyclic amines) is 1. The third-order valence-electron chi connectivity index (χ3n) is 7.06. The van der Waals surface area contributed by atoms with Crippen LogP contribution in [0.2, 0.25) is 0 Å². The average molecular weight is 474 g/mol. The van der Waals surface area contributed by atoms with Gasteiger partial charge in [-0.25, -0.2) is 9.78 Å². The number of fused-ring (bicyclic) bond motifs is 2. The second kappa shape index (κ2) is 8.79. The lowest BCUT2D eigenvalue weighted by Gasteiger charge is -2.30. The molecular weight excluding hydrogens is 446 g/mol. The number of nitrogens with one attached hydrogen (secondary N) is 2. The molecule has 0 spiro atoms. The molecule has 0 amide bonds. The lowest BCUT2D eigenvalue weighted by atomic mass is 10.1. The van der Waals surface area contributed by atoms with Gasteiger partial charge in [0.2, 0.25) is 5.95 Å². The molecule has 0 radical (unpaired) electrons. The van der Waals surface area contributed by atoms with Crippen molar-refractivity contribution in [3.05, 3.63) is 40.6 Å². The van der Waals surface area contributed by atoms with Gasteiger partial charge in [0.25, 0.3) is 0 Å². The van der Waals surface area contributed by atoms with Gasteiger partial charge >= 0.3 is 5.69 Å². The maximum atomic E-state index is 13.1. The first-order valence-corrected chi connectivity index (χ1v) is 12.0. The van der Waals surface area contributed by atoms with Crippen molar-refractivity contribution in [1.82, 2.24) is 34.0 Å². The van der Waals surface area contributed by atoms with Crippen molar-refractivity contribution >= 4 is 28.0 Å². The van der Waals surface area contributed by atoms with E-state index >= 15 is 0 Å². The zero-order chi connectivity index (χ0) is 23.9. The van der Waals surface area contributed by atoms with Crippen LogP contribution in [0.15, 0.2) is 29.3 Å². The summed E-state index contributed by atoms with van der Waals surface area (Å²) in [5.41, 5.74) is 3.02. The molecule has 2 aliphatic heterocycles. The Balaban J connectivity index is 1.52. The number of benzene rings is 1.